The van der Waals surface area contributed by atoms with E-state index >= 15 is 0 Å². The second kappa shape index (κ2) is 3.26. The summed E-state index contributed by atoms with van der Waals surface area (Å²) in [4.78, 5) is 11.6. The van der Waals surface area contributed by atoms with Crippen molar-refractivity contribution >= 4 is 5.97 Å². The highest BCUT2D eigenvalue weighted by Gasteiger charge is 2.42. The molecule has 0 aromatic heterocycles. The number of esters is 1. The minimum absolute atomic E-state index is 0.219. The monoisotopic (exact) mass is 205 g/mol. The molecule has 0 aromatic rings. The van der Waals surface area contributed by atoms with Crippen molar-refractivity contribution in [3.8, 4) is 0 Å². The fourth-order valence-corrected chi connectivity index (χ4v) is 2.16. The molecule has 2 rings (SSSR count). The Morgan fingerprint density at radius 1 is 1.53 bits per heavy atom. The van der Waals surface area contributed by atoms with E-state index in [1.54, 1.807) is 0 Å². The van der Waals surface area contributed by atoms with Gasteiger partial charge in [-0.1, -0.05) is 32.1 Å². The summed E-state index contributed by atoms with van der Waals surface area (Å²) in [6.45, 7) is 4.10. The summed E-state index contributed by atoms with van der Waals surface area (Å²) in [7, 11) is 1.42. The quantitative estimate of drug-likeness (QED) is 0.660. The predicted octanol–water partition coefficient (Wildman–Crippen LogP) is 1.54. The van der Waals surface area contributed by atoms with Crippen LogP contribution in [0.15, 0.2) is 35.6 Å². The lowest BCUT2D eigenvalue weighted by molar-refractivity contribution is -0.145. The molecule has 0 saturated carbocycles. The van der Waals surface area contributed by atoms with Gasteiger partial charge in [0.2, 0.25) is 0 Å². The van der Waals surface area contributed by atoms with Crippen LogP contribution in [0.4, 0.5) is 0 Å². The molecule has 0 bridgehead atoms. The van der Waals surface area contributed by atoms with E-state index in [-0.39, 0.29) is 17.4 Å². The Morgan fingerprint density at radius 2 is 2.27 bits per heavy atom. The number of carbonyl (C=O) groups is 1. The lowest BCUT2D eigenvalue weighted by atomic mass is 9.73. The van der Waals surface area contributed by atoms with E-state index in [1.165, 1.54) is 12.7 Å². The summed E-state index contributed by atoms with van der Waals surface area (Å²) in [6.07, 6.45) is 7.98. The van der Waals surface area contributed by atoms with Gasteiger partial charge in [-0.2, -0.15) is 0 Å². The molecule has 0 saturated heterocycles. The number of methoxy groups -OCH3 is 1. The Bertz CT molecular complexity index is 388. The van der Waals surface area contributed by atoms with Gasteiger partial charge in [0.15, 0.2) is 0 Å². The van der Waals surface area contributed by atoms with Gasteiger partial charge in [-0.15, -0.1) is 0 Å². The fraction of sp³-hybridized carbons (Fsp3) is 0.417. The molecule has 1 aliphatic heterocycles. The summed E-state index contributed by atoms with van der Waals surface area (Å²) >= 11 is 0. The number of fused-ring (bicyclic) bond motifs is 1. The molecule has 0 aromatic carbocycles. The molecule has 0 fully saturated rings. The third-order valence-corrected chi connectivity index (χ3v) is 3.11. The van der Waals surface area contributed by atoms with E-state index in [0.29, 0.717) is 0 Å². The molecule has 0 radical (unpaired) electrons. The van der Waals surface area contributed by atoms with Gasteiger partial charge in [0.1, 0.15) is 6.04 Å². The van der Waals surface area contributed by atoms with E-state index < -0.39 is 0 Å². The van der Waals surface area contributed by atoms with Crippen LogP contribution in [0.2, 0.25) is 0 Å². The Labute approximate surface area is 89.5 Å². The summed E-state index contributed by atoms with van der Waals surface area (Å²) < 4.78 is 4.80. The van der Waals surface area contributed by atoms with Crippen LogP contribution in [0.3, 0.4) is 0 Å². The topological polar surface area (TPSA) is 38.3 Å². The van der Waals surface area contributed by atoms with Crippen LogP contribution < -0.4 is 5.32 Å². The van der Waals surface area contributed by atoms with Gasteiger partial charge in [0.25, 0.3) is 0 Å². The van der Waals surface area contributed by atoms with E-state index in [1.807, 2.05) is 32.2 Å². The van der Waals surface area contributed by atoms with E-state index in [9.17, 15) is 4.79 Å². The third kappa shape index (κ3) is 1.39. The largest absolute Gasteiger partial charge is 0.467 e. The number of ether oxygens (including phenoxy) is 1. The van der Waals surface area contributed by atoms with Crippen molar-refractivity contribution in [3.05, 3.63) is 35.6 Å². The zero-order valence-electron chi connectivity index (χ0n) is 9.20. The second-order valence-corrected chi connectivity index (χ2v) is 4.38. The molecule has 1 unspecified atom stereocenters. The number of carbonyl (C=O) groups excluding carboxylic acids is 1. The third-order valence-electron chi connectivity index (χ3n) is 3.11. The molecule has 15 heavy (non-hydrogen) atoms. The molecular formula is C12H15NO2. The molecule has 0 amide bonds. The van der Waals surface area contributed by atoms with Crippen molar-refractivity contribution in [3.63, 3.8) is 0 Å². The van der Waals surface area contributed by atoms with Crippen LogP contribution in [-0.4, -0.2) is 19.1 Å². The molecule has 80 valence electrons. The summed E-state index contributed by atoms with van der Waals surface area (Å²) in [5.74, 6) is -0.219. The van der Waals surface area contributed by atoms with Gasteiger partial charge in [0, 0.05) is 11.6 Å². The van der Waals surface area contributed by atoms with Crippen molar-refractivity contribution in [1.82, 2.24) is 5.32 Å². The predicted molar refractivity (Wildman–Crippen MR) is 58.0 cm³/mol. The van der Waals surface area contributed by atoms with Gasteiger partial charge in [0.05, 0.1) is 7.11 Å². The lowest BCUT2D eigenvalue weighted by Gasteiger charge is -2.38. The van der Waals surface area contributed by atoms with Crippen molar-refractivity contribution in [1.29, 1.82) is 0 Å². The van der Waals surface area contributed by atoms with Crippen molar-refractivity contribution in [2.45, 2.75) is 19.9 Å². The highest BCUT2D eigenvalue weighted by molar-refractivity contribution is 5.79. The first-order chi connectivity index (χ1) is 7.07. The molecule has 2 aliphatic rings. The smallest absolute Gasteiger partial charge is 0.329 e. The van der Waals surface area contributed by atoms with Crippen LogP contribution in [0, 0.1) is 5.41 Å². The number of nitrogens with one attached hydrogen (secondary N) is 1. The van der Waals surface area contributed by atoms with Gasteiger partial charge in [-0.25, -0.2) is 4.79 Å². The van der Waals surface area contributed by atoms with E-state index in [4.69, 9.17) is 4.74 Å². The maximum atomic E-state index is 11.6. The van der Waals surface area contributed by atoms with E-state index in [0.717, 1.165) is 5.57 Å². The molecule has 1 N–H and O–H groups in total. The molecule has 1 atom stereocenters. The maximum Gasteiger partial charge on any atom is 0.329 e. The molecule has 3 nitrogen and oxygen atoms in total. The zero-order chi connectivity index (χ0) is 11.1. The Hall–Kier alpha value is -1.51. The van der Waals surface area contributed by atoms with Crippen molar-refractivity contribution < 1.29 is 9.53 Å². The van der Waals surface area contributed by atoms with Crippen LogP contribution >= 0.6 is 0 Å². The number of hydrogen-bond donors (Lipinski definition) is 1. The number of allylic oxidation sites excluding steroid dienone is 4. The average molecular weight is 205 g/mol. The summed E-state index contributed by atoms with van der Waals surface area (Å²) in [6, 6.07) is -0.308. The van der Waals surface area contributed by atoms with Crippen LogP contribution in [0.25, 0.3) is 0 Å². The SMILES string of the molecule is COC(=O)C1NC=C2C=CC=C2C1(C)C. The Balaban J connectivity index is 2.37. The van der Waals surface area contributed by atoms with Gasteiger partial charge < -0.3 is 10.1 Å². The first-order valence-corrected chi connectivity index (χ1v) is 5.00. The first kappa shape index (κ1) is 10.0. The van der Waals surface area contributed by atoms with Crippen molar-refractivity contribution in [2.75, 3.05) is 7.11 Å². The van der Waals surface area contributed by atoms with Crippen LogP contribution in [-0.2, 0) is 9.53 Å². The zero-order valence-corrected chi connectivity index (χ0v) is 9.20. The molecule has 3 heteroatoms. The summed E-state index contributed by atoms with van der Waals surface area (Å²) in [5.41, 5.74) is 2.11. The minimum atomic E-state index is -0.308. The standard InChI is InChI=1S/C12H15NO2/c1-12(2)9-6-4-5-8(9)7-13-10(12)11(14)15-3/h4-7,10,13H,1-3H3. The first-order valence-electron chi connectivity index (χ1n) is 5.00. The molecular weight excluding hydrogens is 190 g/mol. The van der Waals surface area contributed by atoms with Crippen LogP contribution in [0.1, 0.15) is 13.8 Å². The van der Waals surface area contributed by atoms with Crippen molar-refractivity contribution in [2.24, 2.45) is 5.41 Å². The lowest BCUT2D eigenvalue weighted by Crippen LogP contribution is -2.49. The van der Waals surface area contributed by atoms with Crippen LogP contribution in [0.5, 0.6) is 0 Å². The Morgan fingerprint density at radius 3 is 2.93 bits per heavy atom. The van der Waals surface area contributed by atoms with E-state index in [2.05, 4.69) is 11.4 Å². The summed E-state index contributed by atoms with van der Waals surface area (Å²) in [5, 5.41) is 3.10. The highest BCUT2D eigenvalue weighted by Crippen LogP contribution is 2.41. The van der Waals surface area contributed by atoms with Gasteiger partial charge in [-0.05, 0) is 11.1 Å². The normalized spacial score (nSPS) is 26.2. The maximum absolute atomic E-state index is 11.6. The fourth-order valence-electron chi connectivity index (χ4n) is 2.16. The average Bonchev–Trinajstić information content (AvgIpc) is 2.66. The molecule has 1 aliphatic carbocycles. The highest BCUT2D eigenvalue weighted by atomic mass is 16.5. The molecule has 0 spiro atoms. The Kier molecular flexibility index (Phi) is 2.18. The molecule has 1 heterocycles. The minimum Gasteiger partial charge on any atom is -0.467 e. The number of hydrogen-bond acceptors (Lipinski definition) is 3. The van der Waals surface area contributed by atoms with Gasteiger partial charge >= 0.3 is 5.97 Å². The second-order valence-electron chi connectivity index (χ2n) is 4.38. The number of rotatable bonds is 1. The van der Waals surface area contributed by atoms with Gasteiger partial charge in [-0.3, -0.25) is 0 Å².